The van der Waals surface area contributed by atoms with Crippen molar-refractivity contribution in [3.05, 3.63) is 23.8 Å². The van der Waals surface area contributed by atoms with Crippen molar-refractivity contribution in [3.63, 3.8) is 0 Å². The van der Waals surface area contributed by atoms with Crippen molar-refractivity contribution in [2.45, 2.75) is 31.1 Å². The largest absolute Gasteiger partial charge is 0.494 e. The second-order valence-electron chi connectivity index (χ2n) is 5.40. The Morgan fingerprint density at radius 3 is 3.11 bits per heavy atom. The van der Waals surface area contributed by atoms with Crippen LogP contribution in [0.2, 0.25) is 0 Å². The van der Waals surface area contributed by atoms with Gasteiger partial charge in [0.05, 0.1) is 6.61 Å². The fourth-order valence-electron chi connectivity index (χ4n) is 3.12. The summed E-state index contributed by atoms with van der Waals surface area (Å²) in [7, 11) is 0. The lowest BCUT2D eigenvalue weighted by molar-refractivity contribution is 0.309. The van der Waals surface area contributed by atoms with E-state index in [1.54, 1.807) is 0 Å². The number of hydrogen-bond donors (Lipinski definition) is 1. The summed E-state index contributed by atoms with van der Waals surface area (Å²) in [6, 6.07) is 6.61. The number of nitrogens with one attached hydrogen (secondary N) is 1. The maximum Gasteiger partial charge on any atom is 0.119 e. The van der Waals surface area contributed by atoms with Crippen LogP contribution in [0.25, 0.3) is 0 Å². The quantitative estimate of drug-likeness (QED) is 0.886. The first-order chi connectivity index (χ1) is 8.81. The molecule has 1 saturated heterocycles. The van der Waals surface area contributed by atoms with Gasteiger partial charge in [0.1, 0.15) is 5.75 Å². The molecule has 3 rings (SSSR count). The summed E-state index contributed by atoms with van der Waals surface area (Å²) in [4.78, 5) is 1.46. The third-order valence-corrected chi connectivity index (χ3v) is 5.25. The molecule has 0 bridgehead atoms. The van der Waals surface area contributed by atoms with Crippen LogP contribution in [-0.4, -0.2) is 25.4 Å². The van der Waals surface area contributed by atoms with Gasteiger partial charge in [-0.05, 0) is 67.7 Å². The summed E-state index contributed by atoms with van der Waals surface area (Å²) in [6.45, 7) is 5.17. The minimum absolute atomic E-state index is 0.503. The minimum Gasteiger partial charge on any atom is -0.494 e. The van der Waals surface area contributed by atoms with Crippen LogP contribution in [0, 0.1) is 5.41 Å². The van der Waals surface area contributed by atoms with E-state index in [-0.39, 0.29) is 0 Å². The molecule has 1 atom stereocenters. The highest BCUT2D eigenvalue weighted by molar-refractivity contribution is 7.99. The topological polar surface area (TPSA) is 21.3 Å². The molecule has 2 aliphatic rings. The van der Waals surface area contributed by atoms with E-state index in [0.29, 0.717) is 5.41 Å². The van der Waals surface area contributed by atoms with Gasteiger partial charge in [0.25, 0.3) is 0 Å². The third kappa shape index (κ3) is 2.39. The Labute approximate surface area is 113 Å². The van der Waals surface area contributed by atoms with E-state index in [9.17, 15) is 0 Å². The lowest BCUT2D eigenvalue weighted by Crippen LogP contribution is -2.26. The van der Waals surface area contributed by atoms with Crippen molar-refractivity contribution in [2.24, 2.45) is 5.41 Å². The maximum atomic E-state index is 5.64. The van der Waals surface area contributed by atoms with E-state index in [2.05, 4.69) is 23.5 Å². The molecule has 0 radical (unpaired) electrons. The second kappa shape index (κ2) is 5.14. The van der Waals surface area contributed by atoms with Crippen molar-refractivity contribution in [3.8, 4) is 5.75 Å². The molecule has 1 N–H and O–H groups in total. The smallest absolute Gasteiger partial charge is 0.119 e. The summed E-state index contributed by atoms with van der Waals surface area (Å²) in [6.07, 6.45) is 3.87. The van der Waals surface area contributed by atoms with Crippen molar-refractivity contribution < 1.29 is 4.74 Å². The molecular weight excluding hydrogens is 242 g/mol. The first-order valence-electron chi connectivity index (χ1n) is 6.91. The molecule has 2 nitrogen and oxygen atoms in total. The van der Waals surface area contributed by atoms with Gasteiger partial charge in [-0.15, -0.1) is 11.8 Å². The molecule has 1 aromatic rings. The molecule has 1 unspecified atom stereocenters. The van der Waals surface area contributed by atoms with Crippen LogP contribution in [0.1, 0.15) is 25.3 Å². The van der Waals surface area contributed by atoms with Gasteiger partial charge in [-0.25, -0.2) is 0 Å². The number of fused-ring (bicyclic) bond motifs is 1. The normalized spacial score (nSPS) is 26.9. The van der Waals surface area contributed by atoms with Gasteiger partial charge in [-0.3, -0.25) is 0 Å². The number of hydrogen-bond acceptors (Lipinski definition) is 3. The molecule has 1 aromatic carbocycles. The Kier molecular flexibility index (Phi) is 3.53. The van der Waals surface area contributed by atoms with E-state index in [1.165, 1.54) is 48.6 Å². The van der Waals surface area contributed by atoms with Gasteiger partial charge in [0.2, 0.25) is 0 Å². The monoisotopic (exact) mass is 263 g/mol. The van der Waals surface area contributed by atoms with Crippen LogP contribution in [0.3, 0.4) is 0 Å². The van der Waals surface area contributed by atoms with Gasteiger partial charge in [0.15, 0.2) is 0 Å². The highest BCUT2D eigenvalue weighted by Crippen LogP contribution is 2.42. The van der Waals surface area contributed by atoms with Crippen LogP contribution in [0.15, 0.2) is 23.1 Å². The Morgan fingerprint density at radius 1 is 1.39 bits per heavy atom. The summed E-state index contributed by atoms with van der Waals surface area (Å²) in [5, 5.41) is 3.54. The number of rotatable bonds is 2. The molecule has 0 aromatic heterocycles. The summed E-state index contributed by atoms with van der Waals surface area (Å²) in [5.74, 6) is 2.28. The van der Waals surface area contributed by atoms with E-state index in [4.69, 9.17) is 4.74 Å². The van der Waals surface area contributed by atoms with E-state index < -0.39 is 0 Å². The third-order valence-electron chi connectivity index (χ3n) is 4.13. The fourth-order valence-corrected chi connectivity index (χ4v) is 4.36. The molecular formula is C15H21NOS. The van der Waals surface area contributed by atoms with Crippen molar-refractivity contribution in [2.75, 3.05) is 25.4 Å². The van der Waals surface area contributed by atoms with Crippen LogP contribution < -0.4 is 10.1 Å². The SMILES string of the molecule is CCOc1ccc2c(c1)CC1(CCNC1)CCS2. The Hall–Kier alpha value is -0.670. The Morgan fingerprint density at radius 2 is 2.33 bits per heavy atom. The number of ether oxygens (including phenoxy) is 1. The van der Waals surface area contributed by atoms with Crippen LogP contribution in [0.5, 0.6) is 5.75 Å². The van der Waals surface area contributed by atoms with Crippen LogP contribution >= 0.6 is 11.8 Å². The second-order valence-corrected chi connectivity index (χ2v) is 6.54. The average Bonchev–Trinajstić information content (AvgIpc) is 2.72. The van der Waals surface area contributed by atoms with Gasteiger partial charge in [-0.1, -0.05) is 0 Å². The maximum absolute atomic E-state index is 5.64. The molecule has 18 heavy (non-hydrogen) atoms. The summed E-state index contributed by atoms with van der Waals surface area (Å²) in [5.41, 5.74) is 2.00. The average molecular weight is 263 g/mol. The molecule has 1 spiro atoms. The highest BCUT2D eigenvalue weighted by atomic mass is 32.2. The van der Waals surface area contributed by atoms with Crippen LogP contribution in [-0.2, 0) is 6.42 Å². The Bertz CT molecular complexity index is 427. The molecule has 0 aliphatic carbocycles. The van der Waals surface area contributed by atoms with Crippen LogP contribution in [0.4, 0.5) is 0 Å². The van der Waals surface area contributed by atoms with Crippen molar-refractivity contribution in [1.29, 1.82) is 0 Å². The highest BCUT2D eigenvalue weighted by Gasteiger charge is 2.35. The Balaban J connectivity index is 1.89. The molecule has 0 amide bonds. The van der Waals surface area contributed by atoms with Crippen molar-refractivity contribution >= 4 is 11.8 Å². The zero-order chi connectivity index (χ0) is 12.4. The zero-order valence-electron chi connectivity index (χ0n) is 11.0. The zero-order valence-corrected chi connectivity index (χ0v) is 11.8. The minimum atomic E-state index is 0.503. The predicted octanol–water partition coefficient (Wildman–Crippen LogP) is 3.10. The molecule has 0 saturated carbocycles. The lowest BCUT2D eigenvalue weighted by atomic mass is 9.78. The molecule has 3 heteroatoms. The van der Waals surface area contributed by atoms with E-state index in [1.807, 2.05) is 18.7 Å². The van der Waals surface area contributed by atoms with Gasteiger partial charge in [-0.2, -0.15) is 0 Å². The molecule has 98 valence electrons. The predicted molar refractivity (Wildman–Crippen MR) is 76.6 cm³/mol. The lowest BCUT2D eigenvalue weighted by Gasteiger charge is -2.26. The summed E-state index contributed by atoms with van der Waals surface area (Å²) < 4.78 is 5.64. The fraction of sp³-hybridized carbons (Fsp3) is 0.600. The summed E-state index contributed by atoms with van der Waals surface area (Å²) >= 11 is 2.01. The molecule has 2 aliphatic heterocycles. The standard InChI is InChI=1S/C15H21NOS/c1-2-17-13-3-4-14-12(9-13)10-15(6-8-18-14)5-7-16-11-15/h3-4,9,16H,2,5-8,10-11H2,1H3. The van der Waals surface area contributed by atoms with Crippen molar-refractivity contribution in [1.82, 2.24) is 5.32 Å². The molecule has 2 heterocycles. The van der Waals surface area contributed by atoms with Gasteiger partial charge < -0.3 is 10.1 Å². The molecule has 1 fully saturated rings. The first-order valence-corrected chi connectivity index (χ1v) is 7.89. The number of thioether (sulfide) groups is 1. The van der Waals surface area contributed by atoms with E-state index in [0.717, 1.165) is 12.4 Å². The van der Waals surface area contributed by atoms with Gasteiger partial charge in [0, 0.05) is 11.4 Å². The van der Waals surface area contributed by atoms with Gasteiger partial charge >= 0.3 is 0 Å². The first kappa shape index (κ1) is 12.4. The number of benzene rings is 1. The van der Waals surface area contributed by atoms with E-state index >= 15 is 0 Å².